The van der Waals surface area contributed by atoms with Crippen LogP contribution in [0.1, 0.15) is 17.2 Å². The average molecular weight is 316 g/mol. The number of benzene rings is 2. The lowest BCUT2D eigenvalue weighted by atomic mass is 10.0. The first kappa shape index (κ1) is 12.6. The molecule has 0 aliphatic carbocycles. The summed E-state index contributed by atoms with van der Waals surface area (Å²) in [6, 6.07) is 11.5. The van der Waals surface area contributed by atoms with Gasteiger partial charge in [0, 0.05) is 4.47 Å². The molecule has 1 N–H and O–H groups in total. The Morgan fingerprint density at radius 2 is 1.82 bits per heavy atom. The normalized spacial score (nSPS) is 12.5. The Morgan fingerprint density at radius 3 is 2.47 bits per heavy atom. The van der Waals surface area contributed by atoms with Gasteiger partial charge in [-0.1, -0.05) is 45.7 Å². The van der Waals surface area contributed by atoms with Crippen molar-refractivity contribution in [3.63, 3.8) is 0 Å². The van der Waals surface area contributed by atoms with E-state index in [9.17, 15) is 9.50 Å². The van der Waals surface area contributed by atoms with E-state index in [0.29, 0.717) is 11.1 Å². The van der Waals surface area contributed by atoms with Crippen LogP contribution in [0.15, 0.2) is 46.9 Å². The quantitative estimate of drug-likeness (QED) is 0.875. The molecule has 0 fully saturated rings. The molecule has 17 heavy (non-hydrogen) atoms. The molecule has 88 valence electrons. The van der Waals surface area contributed by atoms with Crippen LogP contribution in [0.25, 0.3) is 0 Å². The summed E-state index contributed by atoms with van der Waals surface area (Å²) in [6.45, 7) is 0. The molecule has 0 spiro atoms. The summed E-state index contributed by atoms with van der Waals surface area (Å²) in [5.74, 6) is -0.529. The maximum Gasteiger partial charge on any atom is 0.142 e. The highest BCUT2D eigenvalue weighted by atomic mass is 79.9. The zero-order valence-electron chi connectivity index (χ0n) is 8.70. The first-order valence-corrected chi connectivity index (χ1v) is 6.13. The van der Waals surface area contributed by atoms with Gasteiger partial charge in [0.1, 0.15) is 11.9 Å². The molecule has 0 aliphatic rings. The van der Waals surface area contributed by atoms with Crippen molar-refractivity contribution in [2.75, 3.05) is 0 Å². The summed E-state index contributed by atoms with van der Waals surface area (Å²) < 4.78 is 14.1. The molecule has 1 nitrogen and oxygen atoms in total. The standard InChI is InChI=1S/C13H9BrClFO/c14-10-3-1-2-8(6-10)13(17)9-4-5-11(15)12(16)7-9/h1-7,13,17H. The van der Waals surface area contributed by atoms with Gasteiger partial charge in [0.25, 0.3) is 0 Å². The van der Waals surface area contributed by atoms with Crippen LogP contribution >= 0.6 is 27.5 Å². The highest BCUT2D eigenvalue weighted by molar-refractivity contribution is 9.10. The Labute approximate surface area is 112 Å². The molecule has 0 aliphatic heterocycles. The lowest BCUT2D eigenvalue weighted by Gasteiger charge is -2.12. The summed E-state index contributed by atoms with van der Waals surface area (Å²) in [5, 5.41) is 10.2. The molecule has 4 heteroatoms. The molecule has 0 saturated carbocycles. The van der Waals surface area contributed by atoms with Crippen LogP contribution < -0.4 is 0 Å². The Balaban J connectivity index is 2.36. The molecule has 2 aromatic carbocycles. The van der Waals surface area contributed by atoms with Gasteiger partial charge in [-0.3, -0.25) is 0 Å². The molecule has 0 aromatic heterocycles. The number of halogens is 3. The molecule has 0 saturated heterocycles. The zero-order chi connectivity index (χ0) is 12.4. The van der Waals surface area contributed by atoms with E-state index in [1.54, 1.807) is 18.2 Å². The maximum atomic E-state index is 13.3. The molecule has 0 amide bonds. The number of hydrogen-bond acceptors (Lipinski definition) is 1. The van der Waals surface area contributed by atoms with Gasteiger partial charge >= 0.3 is 0 Å². The SMILES string of the molecule is OC(c1cccc(Br)c1)c1ccc(Cl)c(F)c1. The first-order valence-electron chi connectivity index (χ1n) is 4.96. The van der Waals surface area contributed by atoms with Gasteiger partial charge in [0.2, 0.25) is 0 Å². The monoisotopic (exact) mass is 314 g/mol. The molecule has 0 heterocycles. The number of aliphatic hydroxyl groups is 1. The van der Waals surface area contributed by atoms with Crippen LogP contribution in [-0.4, -0.2) is 5.11 Å². The van der Waals surface area contributed by atoms with Crippen LogP contribution in [0.4, 0.5) is 4.39 Å². The van der Waals surface area contributed by atoms with Gasteiger partial charge in [-0.25, -0.2) is 4.39 Å². The van der Waals surface area contributed by atoms with Crippen LogP contribution in [0.3, 0.4) is 0 Å². The Bertz CT molecular complexity index is 545. The third-order valence-corrected chi connectivity index (χ3v) is 3.22. The molecule has 1 unspecified atom stereocenters. The third-order valence-electron chi connectivity index (χ3n) is 2.42. The highest BCUT2D eigenvalue weighted by Crippen LogP contribution is 2.26. The molecule has 2 rings (SSSR count). The maximum absolute atomic E-state index is 13.3. The minimum Gasteiger partial charge on any atom is -0.384 e. The smallest absolute Gasteiger partial charge is 0.142 e. The van der Waals surface area contributed by atoms with E-state index in [-0.39, 0.29) is 5.02 Å². The average Bonchev–Trinajstić information content (AvgIpc) is 2.32. The predicted molar refractivity (Wildman–Crippen MR) is 69.6 cm³/mol. The van der Waals surface area contributed by atoms with Crippen LogP contribution in [0.5, 0.6) is 0 Å². The highest BCUT2D eigenvalue weighted by Gasteiger charge is 2.12. The van der Waals surface area contributed by atoms with E-state index in [2.05, 4.69) is 15.9 Å². The van der Waals surface area contributed by atoms with Gasteiger partial charge in [-0.05, 0) is 35.4 Å². The van der Waals surface area contributed by atoms with E-state index in [1.807, 2.05) is 12.1 Å². The third kappa shape index (κ3) is 2.86. The van der Waals surface area contributed by atoms with Crippen molar-refractivity contribution in [1.29, 1.82) is 0 Å². The van der Waals surface area contributed by atoms with Crippen molar-refractivity contribution in [2.45, 2.75) is 6.10 Å². The summed E-state index contributed by atoms with van der Waals surface area (Å²) >= 11 is 8.92. The molecule has 2 aromatic rings. The number of hydrogen-bond donors (Lipinski definition) is 1. The predicted octanol–water partition coefficient (Wildman–Crippen LogP) is 4.32. The largest absolute Gasteiger partial charge is 0.384 e. The van der Waals surface area contributed by atoms with Gasteiger partial charge < -0.3 is 5.11 Å². The second-order valence-electron chi connectivity index (χ2n) is 3.63. The van der Waals surface area contributed by atoms with Gasteiger partial charge in [0.05, 0.1) is 5.02 Å². The zero-order valence-corrected chi connectivity index (χ0v) is 11.0. The molecule has 0 bridgehead atoms. The van der Waals surface area contributed by atoms with E-state index in [1.165, 1.54) is 12.1 Å². The van der Waals surface area contributed by atoms with Crippen molar-refractivity contribution < 1.29 is 9.50 Å². The first-order chi connectivity index (χ1) is 8.08. The minimum absolute atomic E-state index is 0.0511. The van der Waals surface area contributed by atoms with Crippen molar-refractivity contribution >= 4 is 27.5 Å². The Hall–Kier alpha value is -0.900. The summed E-state index contributed by atoms with van der Waals surface area (Å²) in [5.41, 5.74) is 1.17. The second-order valence-corrected chi connectivity index (χ2v) is 4.95. The van der Waals surface area contributed by atoms with Crippen LogP contribution in [0.2, 0.25) is 5.02 Å². The van der Waals surface area contributed by atoms with Crippen molar-refractivity contribution in [3.05, 3.63) is 68.9 Å². The van der Waals surface area contributed by atoms with Crippen molar-refractivity contribution in [1.82, 2.24) is 0 Å². The second kappa shape index (κ2) is 5.17. The van der Waals surface area contributed by atoms with Crippen molar-refractivity contribution in [2.24, 2.45) is 0 Å². The Kier molecular flexibility index (Phi) is 3.82. The van der Waals surface area contributed by atoms with Gasteiger partial charge in [-0.15, -0.1) is 0 Å². The van der Waals surface area contributed by atoms with Gasteiger partial charge in [0.15, 0.2) is 0 Å². The van der Waals surface area contributed by atoms with Gasteiger partial charge in [-0.2, -0.15) is 0 Å². The van der Waals surface area contributed by atoms with Crippen molar-refractivity contribution in [3.8, 4) is 0 Å². The van der Waals surface area contributed by atoms with E-state index < -0.39 is 11.9 Å². The molecular formula is C13H9BrClFO. The Morgan fingerprint density at radius 1 is 1.12 bits per heavy atom. The number of rotatable bonds is 2. The van der Waals surface area contributed by atoms with E-state index in [4.69, 9.17) is 11.6 Å². The fraction of sp³-hybridized carbons (Fsp3) is 0.0769. The topological polar surface area (TPSA) is 20.2 Å². The fourth-order valence-corrected chi connectivity index (χ4v) is 2.09. The summed E-state index contributed by atoms with van der Waals surface area (Å²) in [4.78, 5) is 0. The fourth-order valence-electron chi connectivity index (χ4n) is 1.55. The van der Waals surface area contributed by atoms with E-state index >= 15 is 0 Å². The molecule has 0 radical (unpaired) electrons. The minimum atomic E-state index is -0.862. The summed E-state index contributed by atoms with van der Waals surface area (Å²) in [6.07, 6.45) is -0.862. The summed E-state index contributed by atoms with van der Waals surface area (Å²) in [7, 11) is 0. The van der Waals surface area contributed by atoms with Crippen LogP contribution in [0, 0.1) is 5.82 Å². The number of aliphatic hydroxyl groups excluding tert-OH is 1. The lowest BCUT2D eigenvalue weighted by Crippen LogP contribution is -2.00. The van der Waals surface area contributed by atoms with Crippen LogP contribution in [-0.2, 0) is 0 Å². The molecular weight excluding hydrogens is 306 g/mol. The lowest BCUT2D eigenvalue weighted by molar-refractivity contribution is 0.219. The van der Waals surface area contributed by atoms with E-state index in [0.717, 1.165) is 4.47 Å². The molecule has 1 atom stereocenters.